The van der Waals surface area contributed by atoms with Gasteiger partial charge in [0.2, 0.25) is 5.91 Å². The minimum Gasteiger partial charge on any atom is -0.481 e. The standard InChI is InChI=1S/C18H25FN2O3/c1-13(24-16-10-8-15(19)9-11-16)18(23)21-20-17(22)12-7-14-5-3-2-4-6-14/h8-11,13-14H,2-7,12H2,1H3,(H,20,22)(H,21,23). The molecule has 24 heavy (non-hydrogen) atoms. The van der Waals surface area contributed by atoms with Gasteiger partial charge < -0.3 is 4.74 Å². The van der Waals surface area contributed by atoms with Gasteiger partial charge in [-0.1, -0.05) is 32.1 Å². The van der Waals surface area contributed by atoms with Gasteiger partial charge in [-0.15, -0.1) is 0 Å². The van der Waals surface area contributed by atoms with E-state index in [4.69, 9.17) is 4.74 Å². The third kappa shape index (κ3) is 6.18. The largest absolute Gasteiger partial charge is 0.481 e. The number of nitrogens with one attached hydrogen (secondary N) is 2. The Labute approximate surface area is 141 Å². The lowest BCUT2D eigenvalue weighted by Crippen LogP contribution is -2.47. The van der Waals surface area contributed by atoms with Crippen molar-refractivity contribution in [2.45, 2.75) is 58.0 Å². The van der Waals surface area contributed by atoms with Crippen LogP contribution in [0.2, 0.25) is 0 Å². The lowest BCUT2D eigenvalue weighted by molar-refractivity contribution is -0.132. The zero-order chi connectivity index (χ0) is 17.4. The molecule has 1 fully saturated rings. The fourth-order valence-electron chi connectivity index (χ4n) is 2.88. The predicted octanol–water partition coefficient (Wildman–Crippen LogP) is 3.10. The van der Waals surface area contributed by atoms with E-state index in [0.29, 0.717) is 18.1 Å². The van der Waals surface area contributed by atoms with Gasteiger partial charge in [0.25, 0.3) is 5.91 Å². The summed E-state index contributed by atoms with van der Waals surface area (Å²) < 4.78 is 18.2. The van der Waals surface area contributed by atoms with E-state index in [9.17, 15) is 14.0 Å². The first-order chi connectivity index (χ1) is 11.5. The van der Waals surface area contributed by atoms with Crippen LogP contribution in [-0.4, -0.2) is 17.9 Å². The summed E-state index contributed by atoms with van der Waals surface area (Å²) in [5.41, 5.74) is 4.78. The summed E-state index contributed by atoms with van der Waals surface area (Å²) >= 11 is 0. The second kappa shape index (κ2) is 9.25. The number of hydrogen-bond donors (Lipinski definition) is 2. The molecule has 0 spiro atoms. The Morgan fingerprint density at radius 1 is 1.17 bits per heavy atom. The average molecular weight is 336 g/mol. The van der Waals surface area contributed by atoms with E-state index in [2.05, 4.69) is 10.9 Å². The predicted molar refractivity (Wildman–Crippen MR) is 88.6 cm³/mol. The zero-order valence-electron chi connectivity index (χ0n) is 14.0. The van der Waals surface area contributed by atoms with E-state index in [1.165, 1.54) is 56.4 Å². The highest BCUT2D eigenvalue weighted by Gasteiger charge is 2.17. The molecule has 2 N–H and O–H groups in total. The van der Waals surface area contributed by atoms with Crippen molar-refractivity contribution in [3.63, 3.8) is 0 Å². The molecule has 0 heterocycles. The van der Waals surface area contributed by atoms with Crippen LogP contribution in [0.25, 0.3) is 0 Å². The second-order valence-electron chi connectivity index (χ2n) is 6.29. The third-order valence-electron chi connectivity index (χ3n) is 4.33. The Kier molecular flexibility index (Phi) is 7.03. The summed E-state index contributed by atoms with van der Waals surface area (Å²) in [5.74, 6) is 0.00143. The fourth-order valence-corrected chi connectivity index (χ4v) is 2.88. The molecule has 5 nitrogen and oxygen atoms in total. The zero-order valence-corrected chi connectivity index (χ0v) is 14.0. The molecule has 0 saturated heterocycles. The molecule has 0 bridgehead atoms. The molecule has 6 heteroatoms. The molecule has 1 atom stereocenters. The van der Waals surface area contributed by atoms with Gasteiger partial charge >= 0.3 is 0 Å². The second-order valence-corrected chi connectivity index (χ2v) is 6.29. The van der Waals surface area contributed by atoms with Gasteiger partial charge in [0.05, 0.1) is 0 Å². The number of carbonyl (C=O) groups is 2. The molecular weight excluding hydrogens is 311 g/mol. The van der Waals surface area contributed by atoms with E-state index in [-0.39, 0.29) is 11.7 Å². The van der Waals surface area contributed by atoms with Gasteiger partial charge in [0, 0.05) is 6.42 Å². The molecule has 132 valence electrons. The first-order valence-corrected chi connectivity index (χ1v) is 8.55. The highest BCUT2D eigenvalue weighted by atomic mass is 19.1. The van der Waals surface area contributed by atoms with E-state index >= 15 is 0 Å². The summed E-state index contributed by atoms with van der Waals surface area (Å²) in [6.07, 6.45) is 6.67. The van der Waals surface area contributed by atoms with Crippen LogP contribution >= 0.6 is 0 Å². The molecule has 1 aromatic carbocycles. The van der Waals surface area contributed by atoms with E-state index in [1.807, 2.05) is 0 Å². The van der Waals surface area contributed by atoms with Gasteiger partial charge in [-0.05, 0) is 43.5 Å². The van der Waals surface area contributed by atoms with Gasteiger partial charge in [-0.2, -0.15) is 0 Å². The lowest BCUT2D eigenvalue weighted by Gasteiger charge is -2.21. The Bertz CT molecular complexity index is 542. The maximum atomic E-state index is 12.8. The third-order valence-corrected chi connectivity index (χ3v) is 4.33. The number of hydrazine groups is 1. The number of hydrogen-bond acceptors (Lipinski definition) is 3. The molecular formula is C18H25FN2O3. The molecule has 0 aromatic heterocycles. The van der Waals surface area contributed by atoms with Crippen LogP contribution in [0.3, 0.4) is 0 Å². The van der Waals surface area contributed by atoms with Crippen LogP contribution in [0.15, 0.2) is 24.3 Å². The van der Waals surface area contributed by atoms with Crippen LogP contribution < -0.4 is 15.6 Å². The van der Waals surface area contributed by atoms with Gasteiger partial charge in [-0.25, -0.2) is 4.39 Å². The summed E-state index contributed by atoms with van der Waals surface area (Å²) in [5, 5.41) is 0. The minimum atomic E-state index is -0.797. The first-order valence-electron chi connectivity index (χ1n) is 8.55. The fraction of sp³-hybridized carbons (Fsp3) is 0.556. The van der Waals surface area contributed by atoms with E-state index in [1.54, 1.807) is 6.92 Å². The smallest absolute Gasteiger partial charge is 0.279 e. The van der Waals surface area contributed by atoms with Crippen LogP contribution in [0.5, 0.6) is 5.75 Å². The number of carbonyl (C=O) groups excluding carboxylic acids is 2. The average Bonchev–Trinajstić information content (AvgIpc) is 2.60. The summed E-state index contributed by atoms with van der Waals surface area (Å²) in [6.45, 7) is 1.56. The van der Waals surface area contributed by atoms with Crippen molar-refractivity contribution in [3.05, 3.63) is 30.1 Å². The number of benzene rings is 1. The Balaban J connectivity index is 1.65. The van der Waals surface area contributed by atoms with Crippen molar-refractivity contribution in [1.82, 2.24) is 10.9 Å². The van der Waals surface area contributed by atoms with Gasteiger partial charge in [-0.3, -0.25) is 20.4 Å². The van der Waals surface area contributed by atoms with Crippen LogP contribution in [-0.2, 0) is 9.59 Å². The molecule has 1 aliphatic carbocycles. The first kappa shape index (κ1) is 18.2. The maximum absolute atomic E-state index is 12.8. The molecule has 1 saturated carbocycles. The molecule has 2 rings (SSSR count). The maximum Gasteiger partial charge on any atom is 0.279 e. The lowest BCUT2D eigenvalue weighted by atomic mass is 9.86. The number of amides is 2. The van der Waals surface area contributed by atoms with E-state index in [0.717, 1.165) is 6.42 Å². The van der Waals surface area contributed by atoms with Crippen molar-refractivity contribution in [1.29, 1.82) is 0 Å². The van der Waals surface area contributed by atoms with Crippen molar-refractivity contribution in [2.75, 3.05) is 0 Å². The minimum absolute atomic E-state index is 0.192. The molecule has 1 aliphatic rings. The Hall–Kier alpha value is -2.11. The van der Waals surface area contributed by atoms with Crippen molar-refractivity contribution < 1.29 is 18.7 Å². The molecule has 0 aliphatic heterocycles. The normalized spacial score (nSPS) is 16.2. The molecule has 1 aromatic rings. The summed E-state index contributed by atoms with van der Waals surface area (Å²) in [4.78, 5) is 23.7. The summed E-state index contributed by atoms with van der Waals surface area (Å²) in [7, 11) is 0. The Morgan fingerprint density at radius 2 is 1.83 bits per heavy atom. The Morgan fingerprint density at radius 3 is 2.50 bits per heavy atom. The van der Waals surface area contributed by atoms with Crippen molar-refractivity contribution in [3.8, 4) is 5.75 Å². The number of rotatable bonds is 6. The molecule has 2 amide bonds. The highest BCUT2D eigenvalue weighted by Crippen LogP contribution is 2.27. The molecule has 1 unspecified atom stereocenters. The van der Waals surface area contributed by atoms with Crippen molar-refractivity contribution >= 4 is 11.8 Å². The number of halogens is 1. The van der Waals surface area contributed by atoms with Gasteiger partial charge in [0.15, 0.2) is 6.10 Å². The van der Waals surface area contributed by atoms with Crippen molar-refractivity contribution in [2.24, 2.45) is 5.92 Å². The number of ether oxygens (including phenoxy) is 1. The van der Waals surface area contributed by atoms with Gasteiger partial charge in [0.1, 0.15) is 11.6 Å². The van der Waals surface area contributed by atoms with Crippen LogP contribution in [0, 0.1) is 11.7 Å². The summed E-state index contributed by atoms with van der Waals surface area (Å²) in [6, 6.07) is 5.41. The quantitative estimate of drug-likeness (QED) is 0.785. The topological polar surface area (TPSA) is 67.4 Å². The molecule has 0 radical (unpaired) electrons. The van der Waals surface area contributed by atoms with Crippen LogP contribution in [0.1, 0.15) is 51.9 Å². The highest BCUT2D eigenvalue weighted by molar-refractivity contribution is 5.84. The monoisotopic (exact) mass is 336 g/mol. The van der Waals surface area contributed by atoms with Crippen LogP contribution in [0.4, 0.5) is 4.39 Å². The van der Waals surface area contributed by atoms with E-state index < -0.39 is 12.0 Å². The SMILES string of the molecule is CC(Oc1ccc(F)cc1)C(=O)NNC(=O)CCC1CCCCC1.